The molecule has 0 aliphatic carbocycles. The first-order chi connectivity index (χ1) is 24.7. The molecule has 20 atom stereocenters. The molecule has 52 heavy (non-hydrogen) atoms. The van der Waals surface area contributed by atoms with Gasteiger partial charge in [-0.2, -0.15) is 0 Å². The first-order valence-electron chi connectivity index (χ1n) is 16.8. The van der Waals surface area contributed by atoms with Crippen LogP contribution in [0.5, 0.6) is 0 Å². The number of unbranched alkanes of at least 4 members (excludes halogenated alkanes) is 2. The number of carboxylic acid groups (broad SMARTS) is 1. The molecule has 0 bridgehead atoms. The smallest absolute Gasteiger partial charge is 0.335 e. The van der Waals surface area contributed by atoms with Gasteiger partial charge in [-0.25, -0.2) is 4.79 Å². The summed E-state index contributed by atoms with van der Waals surface area (Å²) < 4.78 is 43.7. The number of hydrogen-bond donors (Lipinski definition) is 14. The van der Waals surface area contributed by atoms with Gasteiger partial charge in [0, 0.05) is 6.61 Å². The Morgan fingerprint density at radius 2 is 0.923 bits per heavy atom. The Balaban J connectivity index is 1.41. The van der Waals surface area contributed by atoms with Crippen molar-refractivity contribution in [2.75, 3.05) is 33.0 Å². The Kier molecular flexibility index (Phi) is 16.2. The molecule has 0 radical (unpaired) electrons. The number of rotatable bonds is 16. The standard InChI is InChI=1S/C29H51NO22/c30-4-2-1-3-5-45-26-18(40)16(38)23(24(52-26)25(43)44)51-29-20(42)15(37)22(11(8-33)48-29)50-28-19(41)14(36)21(10(7-32)47-28)49-27-17(39)13(35)12(34)9(6-31)46-27/h9-24,26-29,31-42H,1-8,30H2,(H,43,44)/t9?,10?,11?,12-,13?,14-,15-,16?,17+,18?,19?,20?,21-,22+,23+,24?,26-,27+,28-,29-/m1/s1. The van der Waals surface area contributed by atoms with E-state index in [1.54, 1.807) is 0 Å². The maximum Gasteiger partial charge on any atom is 0.335 e. The van der Waals surface area contributed by atoms with Gasteiger partial charge >= 0.3 is 5.97 Å². The van der Waals surface area contributed by atoms with Gasteiger partial charge in [-0.15, -0.1) is 0 Å². The van der Waals surface area contributed by atoms with E-state index in [2.05, 4.69) is 0 Å². The second-order valence-electron chi connectivity index (χ2n) is 12.9. The van der Waals surface area contributed by atoms with E-state index in [-0.39, 0.29) is 6.61 Å². The number of aliphatic carboxylic acids is 1. The molecular formula is C29H51NO22. The van der Waals surface area contributed by atoms with Gasteiger partial charge < -0.3 is 110 Å². The highest BCUT2D eigenvalue weighted by atomic mass is 16.8. The molecular weight excluding hydrogens is 714 g/mol. The van der Waals surface area contributed by atoms with Crippen LogP contribution in [-0.2, 0) is 42.7 Å². The molecule has 0 spiro atoms. The fourth-order valence-electron chi connectivity index (χ4n) is 6.26. The average Bonchev–Trinajstić information content (AvgIpc) is 3.13. The Bertz CT molecular complexity index is 1090. The normalized spacial score (nSPS) is 47.3. The lowest BCUT2D eigenvalue weighted by atomic mass is 9.95. The van der Waals surface area contributed by atoms with Crippen LogP contribution in [0.3, 0.4) is 0 Å². The number of hydrogen-bond acceptors (Lipinski definition) is 22. The lowest BCUT2D eigenvalue weighted by Gasteiger charge is -2.48. The number of aliphatic hydroxyl groups is 12. The lowest BCUT2D eigenvalue weighted by molar-refractivity contribution is -0.387. The van der Waals surface area contributed by atoms with E-state index >= 15 is 0 Å². The zero-order valence-electron chi connectivity index (χ0n) is 27.8. The summed E-state index contributed by atoms with van der Waals surface area (Å²) in [6.45, 7) is -2.18. The average molecular weight is 766 g/mol. The predicted molar refractivity (Wildman–Crippen MR) is 161 cm³/mol. The molecule has 0 aromatic carbocycles. The Hall–Kier alpha value is -1.37. The van der Waals surface area contributed by atoms with Crippen LogP contribution in [0.15, 0.2) is 0 Å². The fraction of sp³-hybridized carbons (Fsp3) is 0.966. The highest BCUT2D eigenvalue weighted by Crippen LogP contribution is 2.34. The van der Waals surface area contributed by atoms with Crippen molar-refractivity contribution in [3.05, 3.63) is 0 Å². The second kappa shape index (κ2) is 19.5. The van der Waals surface area contributed by atoms with Crippen LogP contribution in [0.2, 0.25) is 0 Å². The van der Waals surface area contributed by atoms with E-state index in [1.165, 1.54) is 0 Å². The molecule has 15 N–H and O–H groups in total. The zero-order chi connectivity index (χ0) is 38.4. The first kappa shape index (κ1) is 43.4. The number of carboxylic acids is 1. The van der Waals surface area contributed by atoms with Crippen LogP contribution in [0.1, 0.15) is 19.3 Å². The highest BCUT2D eigenvalue weighted by molar-refractivity contribution is 5.73. The van der Waals surface area contributed by atoms with E-state index in [0.717, 1.165) is 0 Å². The summed E-state index contributed by atoms with van der Waals surface area (Å²) in [5, 5.41) is 135. The predicted octanol–water partition coefficient (Wildman–Crippen LogP) is -8.50. The quantitative estimate of drug-likeness (QED) is 0.0649. The van der Waals surface area contributed by atoms with Gasteiger partial charge in [0.2, 0.25) is 0 Å². The van der Waals surface area contributed by atoms with E-state index < -0.39 is 149 Å². The van der Waals surface area contributed by atoms with Gasteiger partial charge in [0.25, 0.3) is 0 Å². The van der Waals surface area contributed by atoms with Crippen molar-refractivity contribution in [1.29, 1.82) is 0 Å². The van der Waals surface area contributed by atoms with Gasteiger partial charge in [-0.1, -0.05) is 0 Å². The minimum absolute atomic E-state index is 0.0456. The Morgan fingerprint density at radius 1 is 0.500 bits per heavy atom. The van der Waals surface area contributed by atoms with Gasteiger partial charge in [0.1, 0.15) is 91.6 Å². The van der Waals surface area contributed by atoms with Crippen LogP contribution in [-0.4, -0.2) is 228 Å². The highest BCUT2D eigenvalue weighted by Gasteiger charge is 2.56. The van der Waals surface area contributed by atoms with Crippen molar-refractivity contribution in [1.82, 2.24) is 0 Å². The number of nitrogens with two attached hydrogens (primary N) is 1. The zero-order valence-corrected chi connectivity index (χ0v) is 27.8. The summed E-state index contributed by atoms with van der Waals surface area (Å²) in [6, 6.07) is 0. The molecule has 4 heterocycles. The van der Waals surface area contributed by atoms with Gasteiger partial charge in [-0.3, -0.25) is 0 Å². The van der Waals surface area contributed by atoms with Gasteiger partial charge in [-0.05, 0) is 25.8 Å². The van der Waals surface area contributed by atoms with Crippen molar-refractivity contribution in [2.24, 2.45) is 5.73 Å². The van der Waals surface area contributed by atoms with Crippen LogP contribution >= 0.6 is 0 Å². The molecule has 0 saturated carbocycles. The molecule has 304 valence electrons. The number of carbonyl (C=O) groups is 1. The molecule has 4 saturated heterocycles. The van der Waals surface area contributed by atoms with Crippen molar-refractivity contribution in [2.45, 2.75) is 142 Å². The van der Waals surface area contributed by atoms with Crippen LogP contribution in [0, 0.1) is 0 Å². The minimum atomic E-state index is -2.11. The second-order valence-corrected chi connectivity index (χ2v) is 12.9. The lowest BCUT2D eigenvalue weighted by Crippen LogP contribution is -2.67. The molecule has 0 aromatic rings. The van der Waals surface area contributed by atoms with E-state index in [1.807, 2.05) is 0 Å². The minimum Gasteiger partial charge on any atom is -0.479 e. The molecule has 0 amide bonds. The molecule has 0 aromatic heterocycles. The third-order valence-electron chi connectivity index (χ3n) is 9.28. The van der Waals surface area contributed by atoms with Crippen LogP contribution in [0.25, 0.3) is 0 Å². The molecule has 9 unspecified atom stereocenters. The molecule has 23 heteroatoms. The maximum absolute atomic E-state index is 12.1. The molecule has 4 fully saturated rings. The van der Waals surface area contributed by atoms with Crippen molar-refractivity contribution in [3.63, 3.8) is 0 Å². The third kappa shape index (κ3) is 9.52. The summed E-state index contributed by atoms with van der Waals surface area (Å²) in [5.74, 6) is -1.65. The van der Waals surface area contributed by atoms with Gasteiger partial charge in [0.05, 0.1) is 19.8 Å². The molecule has 4 rings (SSSR count). The summed E-state index contributed by atoms with van der Waals surface area (Å²) in [4.78, 5) is 12.1. The first-order valence-corrected chi connectivity index (χ1v) is 16.8. The SMILES string of the molecule is NCCCCCO[C@@H]1OC(C(=O)O)[C@@H](O[C@H]2OC(CO)[C@H](O[C@H]3OC(CO)[C@@H](O[C@@H]4OC(CO)[C@@H](O)C(O)[C@@H]4O)[C@H](O)C3O)[C@H](O)C2O)C(O)C1O. The maximum atomic E-state index is 12.1. The van der Waals surface area contributed by atoms with Gasteiger partial charge in [0.15, 0.2) is 31.3 Å². The van der Waals surface area contributed by atoms with Crippen molar-refractivity contribution in [3.8, 4) is 0 Å². The van der Waals surface area contributed by atoms with E-state index in [0.29, 0.717) is 25.8 Å². The fourth-order valence-corrected chi connectivity index (χ4v) is 6.26. The number of aliphatic hydroxyl groups excluding tert-OH is 12. The molecule has 23 nitrogen and oxygen atoms in total. The third-order valence-corrected chi connectivity index (χ3v) is 9.28. The topological polar surface area (TPSA) is 380 Å². The van der Waals surface area contributed by atoms with Crippen LogP contribution in [0.4, 0.5) is 0 Å². The summed E-state index contributed by atoms with van der Waals surface area (Å²) >= 11 is 0. The monoisotopic (exact) mass is 765 g/mol. The summed E-state index contributed by atoms with van der Waals surface area (Å²) in [5.41, 5.74) is 5.44. The summed E-state index contributed by atoms with van der Waals surface area (Å²) in [7, 11) is 0. The molecule has 4 aliphatic rings. The number of ether oxygens (including phenoxy) is 8. The van der Waals surface area contributed by atoms with Crippen LogP contribution < -0.4 is 5.73 Å². The van der Waals surface area contributed by atoms with E-state index in [4.69, 9.17) is 43.6 Å². The summed E-state index contributed by atoms with van der Waals surface area (Å²) in [6.07, 6.45) is -34.8. The molecule has 4 aliphatic heterocycles. The van der Waals surface area contributed by atoms with Crippen molar-refractivity contribution < 1.29 is 109 Å². The van der Waals surface area contributed by atoms with E-state index in [9.17, 15) is 71.2 Å². The largest absolute Gasteiger partial charge is 0.479 e. The Morgan fingerprint density at radius 3 is 1.38 bits per heavy atom. The Labute approximate surface area is 296 Å². The van der Waals surface area contributed by atoms with Crippen molar-refractivity contribution >= 4 is 5.97 Å².